The molecule has 12 heavy (non-hydrogen) atoms. The van der Waals surface area contributed by atoms with E-state index < -0.39 is 11.9 Å². The number of nitrogens with two attached hydrogens (primary N) is 1. The number of hydrogen-bond donors (Lipinski definition) is 3. The minimum Gasteiger partial charge on any atom is -0.368 e. The smallest absolute Gasteiger partial charge is 0.315 e. The van der Waals surface area contributed by atoms with E-state index in [-0.39, 0.29) is 18.0 Å². The highest BCUT2D eigenvalue weighted by atomic mass is 16.2. The largest absolute Gasteiger partial charge is 0.368 e. The van der Waals surface area contributed by atoms with Gasteiger partial charge in [-0.05, 0) is 5.92 Å². The number of primary amides is 1. The van der Waals surface area contributed by atoms with Gasteiger partial charge in [-0.25, -0.2) is 4.79 Å². The molecule has 5 heteroatoms. The van der Waals surface area contributed by atoms with Crippen molar-refractivity contribution in [1.82, 2.24) is 10.6 Å². The summed E-state index contributed by atoms with van der Waals surface area (Å²) in [5.74, 6) is -0.298. The Morgan fingerprint density at radius 2 is 2.08 bits per heavy atom. The quantitative estimate of drug-likeness (QED) is 0.507. The Hall–Kier alpha value is -1.26. The fourth-order valence-electron chi connectivity index (χ4n) is 1.31. The third-order valence-electron chi connectivity index (χ3n) is 1.97. The number of rotatable bonds is 2. The molecule has 1 aliphatic rings. The normalized spacial score (nSPS) is 28.4. The van der Waals surface area contributed by atoms with Gasteiger partial charge in [-0.3, -0.25) is 4.79 Å². The highest BCUT2D eigenvalue weighted by Crippen LogP contribution is 2.10. The minimum absolute atomic E-state index is 0.185. The summed E-state index contributed by atoms with van der Waals surface area (Å²) in [5.41, 5.74) is 5.09. The van der Waals surface area contributed by atoms with Crippen LogP contribution >= 0.6 is 0 Å². The third kappa shape index (κ3) is 1.49. The second-order valence-corrected chi connectivity index (χ2v) is 3.27. The van der Waals surface area contributed by atoms with E-state index in [9.17, 15) is 9.59 Å². The Kier molecular flexibility index (Phi) is 2.21. The van der Waals surface area contributed by atoms with E-state index in [1.807, 2.05) is 13.8 Å². The lowest BCUT2D eigenvalue weighted by Gasteiger charge is -2.18. The van der Waals surface area contributed by atoms with Gasteiger partial charge < -0.3 is 16.4 Å². The van der Waals surface area contributed by atoms with Gasteiger partial charge in [0.2, 0.25) is 5.91 Å². The van der Waals surface area contributed by atoms with Crippen LogP contribution < -0.4 is 16.4 Å². The molecule has 1 aliphatic heterocycles. The van der Waals surface area contributed by atoms with Gasteiger partial charge in [0.05, 0.1) is 6.04 Å². The van der Waals surface area contributed by atoms with E-state index in [1.165, 1.54) is 0 Å². The van der Waals surface area contributed by atoms with Crippen molar-refractivity contribution >= 4 is 11.9 Å². The molecule has 0 radical (unpaired) electrons. The molecular formula is C7H13N3O2. The fraction of sp³-hybridized carbons (Fsp3) is 0.714. The molecule has 0 bridgehead atoms. The van der Waals surface area contributed by atoms with Crippen molar-refractivity contribution in [3.05, 3.63) is 0 Å². The van der Waals surface area contributed by atoms with Gasteiger partial charge in [0, 0.05) is 0 Å². The summed E-state index contributed by atoms with van der Waals surface area (Å²) in [4.78, 5) is 21.7. The van der Waals surface area contributed by atoms with E-state index in [1.54, 1.807) is 0 Å². The Bertz CT molecular complexity index is 215. The molecule has 68 valence electrons. The fourth-order valence-corrected chi connectivity index (χ4v) is 1.31. The van der Waals surface area contributed by atoms with Crippen molar-refractivity contribution in [2.45, 2.75) is 25.9 Å². The van der Waals surface area contributed by atoms with Crippen molar-refractivity contribution in [3.63, 3.8) is 0 Å². The highest BCUT2D eigenvalue weighted by molar-refractivity contribution is 5.90. The van der Waals surface area contributed by atoms with Crippen LogP contribution in [0.2, 0.25) is 0 Å². The van der Waals surface area contributed by atoms with Gasteiger partial charge in [-0.15, -0.1) is 0 Å². The number of hydrogen-bond acceptors (Lipinski definition) is 2. The molecule has 0 aliphatic carbocycles. The zero-order valence-corrected chi connectivity index (χ0v) is 7.13. The van der Waals surface area contributed by atoms with Crippen LogP contribution in [0.15, 0.2) is 0 Å². The molecule has 1 fully saturated rings. The molecule has 2 atom stereocenters. The van der Waals surface area contributed by atoms with E-state index in [4.69, 9.17) is 5.73 Å². The maximum Gasteiger partial charge on any atom is 0.315 e. The van der Waals surface area contributed by atoms with Crippen molar-refractivity contribution in [2.24, 2.45) is 11.7 Å². The van der Waals surface area contributed by atoms with Crippen LogP contribution in [-0.2, 0) is 4.79 Å². The Labute approximate surface area is 70.7 Å². The Morgan fingerprint density at radius 1 is 1.50 bits per heavy atom. The average Bonchev–Trinajstić information content (AvgIpc) is 2.31. The molecule has 4 N–H and O–H groups in total. The van der Waals surface area contributed by atoms with Crippen molar-refractivity contribution in [3.8, 4) is 0 Å². The molecule has 0 spiro atoms. The monoisotopic (exact) mass is 171 g/mol. The summed E-state index contributed by atoms with van der Waals surface area (Å²) in [5, 5.41) is 5.09. The van der Waals surface area contributed by atoms with E-state index in [2.05, 4.69) is 10.6 Å². The summed E-state index contributed by atoms with van der Waals surface area (Å²) in [6.07, 6.45) is 0. The van der Waals surface area contributed by atoms with Crippen molar-refractivity contribution in [1.29, 1.82) is 0 Å². The first-order valence-electron chi connectivity index (χ1n) is 3.88. The Balaban J connectivity index is 2.72. The Morgan fingerprint density at radius 3 is 2.42 bits per heavy atom. The molecule has 0 unspecified atom stereocenters. The number of urea groups is 1. The predicted molar refractivity (Wildman–Crippen MR) is 43.3 cm³/mol. The molecule has 1 saturated heterocycles. The first-order valence-corrected chi connectivity index (χ1v) is 3.88. The van der Waals surface area contributed by atoms with Crippen LogP contribution in [0.1, 0.15) is 13.8 Å². The number of carbonyl (C=O) groups is 2. The third-order valence-corrected chi connectivity index (χ3v) is 1.97. The summed E-state index contributed by atoms with van der Waals surface area (Å²) >= 11 is 0. The molecule has 0 aromatic heterocycles. The predicted octanol–water partition coefficient (Wildman–Crippen LogP) is -0.822. The number of amides is 3. The van der Waals surface area contributed by atoms with Gasteiger partial charge in [0.1, 0.15) is 6.04 Å². The SMILES string of the molecule is CC(C)[C@@H]1NC(=O)N[C@H]1C(N)=O. The van der Waals surface area contributed by atoms with E-state index >= 15 is 0 Å². The van der Waals surface area contributed by atoms with E-state index in [0.717, 1.165) is 0 Å². The van der Waals surface area contributed by atoms with Crippen LogP contribution in [0.4, 0.5) is 4.79 Å². The van der Waals surface area contributed by atoms with Gasteiger partial charge in [-0.2, -0.15) is 0 Å². The second-order valence-electron chi connectivity index (χ2n) is 3.27. The summed E-state index contributed by atoms with van der Waals surface area (Å²) < 4.78 is 0. The van der Waals surface area contributed by atoms with Gasteiger partial charge in [-0.1, -0.05) is 13.8 Å². The molecule has 0 aromatic rings. The van der Waals surface area contributed by atoms with Crippen LogP contribution in [0.25, 0.3) is 0 Å². The molecule has 0 saturated carbocycles. The standard InChI is InChI=1S/C7H13N3O2/c1-3(2)4-5(6(8)11)10-7(12)9-4/h3-5H,1-2H3,(H2,8,11)(H2,9,10,12)/t4-,5+/m0/s1. The van der Waals surface area contributed by atoms with Crippen LogP contribution in [0.3, 0.4) is 0 Å². The summed E-state index contributed by atoms with van der Waals surface area (Å²) in [7, 11) is 0. The lowest BCUT2D eigenvalue weighted by atomic mass is 9.98. The summed E-state index contributed by atoms with van der Waals surface area (Å²) in [6.45, 7) is 3.85. The molecular weight excluding hydrogens is 158 g/mol. The molecule has 5 nitrogen and oxygen atoms in total. The molecule has 3 amide bonds. The van der Waals surface area contributed by atoms with Crippen molar-refractivity contribution < 1.29 is 9.59 Å². The molecule has 0 aromatic carbocycles. The van der Waals surface area contributed by atoms with Gasteiger partial charge in [0.15, 0.2) is 0 Å². The zero-order chi connectivity index (χ0) is 9.30. The second kappa shape index (κ2) is 3.00. The maximum atomic E-state index is 10.8. The van der Waals surface area contributed by atoms with Gasteiger partial charge in [0.25, 0.3) is 0 Å². The van der Waals surface area contributed by atoms with Crippen LogP contribution in [-0.4, -0.2) is 24.0 Å². The number of nitrogens with one attached hydrogen (secondary N) is 2. The van der Waals surface area contributed by atoms with Crippen molar-refractivity contribution in [2.75, 3.05) is 0 Å². The zero-order valence-electron chi connectivity index (χ0n) is 7.13. The summed E-state index contributed by atoms with van der Waals surface area (Å²) in [6, 6.07) is -1.08. The lowest BCUT2D eigenvalue weighted by Crippen LogP contribution is -2.47. The average molecular weight is 171 g/mol. The highest BCUT2D eigenvalue weighted by Gasteiger charge is 2.37. The van der Waals surface area contributed by atoms with Crippen LogP contribution in [0.5, 0.6) is 0 Å². The first-order chi connectivity index (χ1) is 5.52. The topological polar surface area (TPSA) is 84.2 Å². The molecule has 1 rings (SSSR count). The van der Waals surface area contributed by atoms with Gasteiger partial charge >= 0.3 is 6.03 Å². The minimum atomic E-state index is -0.572. The molecule has 1 heterocycles. The lowest BCUT2D eigenvalue weighted by molar-refractivity contribution is -0.120. The van der Waals surface area contributed by atoms with E-state index in [0.29, 0.717) is 0 Å². The van der Waals surface area contributed by atoms with Crippen LogP contribution in [0, 0.1) is 5.92 Å². The maximum absolute atomic E-state index is 10.8. The number of carbonyl (C=O) groups excluding carboxylic acids is 2. The first kappa shape index (κ1) is 8.83.